The first-order chi connectivity index (χ1) is 30.1. The third kappa shape index (κ3) is 10.1. The van der Waals surface area contributed by atoms with Crippen LogP contribution in [0.5, 0.6) is 11.5 Å². The Morgan fingerprint density at radius 3 is 2.62 bits per heavy atom. The highest BCUT2D eigenvalue weighted by Crippen LogP contribution is 2.43. The topological polar surface area (TPSA) is 172 Å². The summed E-state index contributed by atoms with van der Waals surface area (Å²) in [5.74, 6) is -1.75. The van der Waals surface area contributed by atoms with Gasteiger partial charge in [0.15, 0.2) is 5.82 Å². The Bertz CT molecular complexity index is 2670. The van der Waals surface area contributed by atoms with E-state index >= 15 is 4.39 Å². The van der Waals surface area contributed by atoms with E-state index in [9.17, 15) is 23.3 Å². The number of hydrogen-bond acceptors (Lipinski definition) is 11. The summed E-state index contributed by atoms with van der Waals surface area (Å²) in [4.78, 5) is 36.5. The van der Waals surface area contributed by atoms with Crippen molar-refractivity contribution >= 4 is 61.2 Å². The molecule has 3 N–H and O–H groups in total. The molecule has 5 aromatic rings. The predicted molar refractivity (Wildman–Crippen MR) is 242 cm³/mol. The summed E-state index contributed by atoms with van der Waals surface area (Å²) < 4.78 is 56.5. The highest BCUT2D eigenvalue weighted by atomic mass is 35.5. The molecule has 4 heterocycles. The number of sulfonamides is 1. The number of pyridine rings is 1. The van der Waals surface area contributed by atoms with E-state index in [1.165, 1.54) is 29.0 Å². The average Bonchev–Trinajstić information content (AvgIpc) is 3.72. The van der Waals surface area contributed by atoms with Gasteiger partial charge in [-0.2, -0.15) is 0 Å². The Labute approximate surface area is 371 Å². The number of nitro groups is 1. The lowest BCUT2D eigenvalue weighted by molar-refractivity contribution is -0.384. The number of aromatic amines is 1. The number of aromatic nitrogens is 2. The van der Waals surface area contributed by atoms with Crippen molar-refractivity contribution < 1.29 is 32.0 Å². The van der Waals surface area contributed by atoms with Gasteiger partial charge in [-0.3, -0.25) is 19.8 Å². The van der Waals surface area contributed by atoms with Crippen molar-refractivity contribution in [2.45, 2.75) is 63.8 Å². The van der Waals surface area contributed by atoms with Gasteiger partial charge < -0.3 is 24.7 Å². The molecular formula is C46H51ClFN7O7S. The van der Waals surface area contributed by atoms with Crippen molar-refractivity contribution in [3.8, 4) is 11.5 Å². The van der Waals surface area contributed by atoms with Gasteiger partial charge in [-0.1, -0.05) is 43.2 Å². The van der Waals surface area contributed by atoms with Crippen LogP contribution in [0.15, 0.2) is 89.6 Å². The molecule has 0 bridgehead atoms. The Morgan fingerprint density at radius 2 is 1.87 bits per heavy atom. The normalized spacial score (nSPS) is 18.7. The van der Waals surface area contributed by atoms with Crippen molar-refractivity contribution in [1.29, 1.82) is 0 Å². The van der Waals surface area contributed by atoms with Crippen LogP contribution in [0.2, 0.25) is 5.02 Å². The van der Waals surface area contributed by atoms with E-state index in [0.29, 0.717) is 61.6 Å². The molecule has 332 valence electrons. The van der Waals surface area contributed by atoms with Crippen molar-refractivity contribution in [2.24, 2.45) is 11.3 Å². The minimum Gasteiger partial charge on any atom is -0.455 e. The van der Waals surface area contributed by atoms with Gasteiger partial charge in [0.2, 0.25) is 0 Å². The molecule has 2 saturated heterocycles. The molecule has 1 amide bonds. The average molecular weight is 900 g/mol. The maximum atomic E-state index is 15.5. The molecule has 0 spiro atoms. The second kappa shape index (κ2) is 18.3. The van der Waals surface area contributed by atoms with E-state index in [4.69, 9.17) is 21.1 Å². The second-order valence-electron chi connectivity index (χ2n) is 17.5. The molecule has 1 aliphatic carbocycles. The van der Waals surface area contributed by atoms with Gasteiger partial charge in [-0.25, -0.2) is 22.5 Å². The first-order valence-electron chi connectivity index (χ1n) is 21.2. The monoisotopic (exact) mass is 899 g/mol. The van der Waals surface area contributed by atoms with Crippen molar-refractivity contribution in [2.75, 3.05) is 56.2 Å². The van der Waals surface area contributed by atoms with Gasteiger partial charge in [-0.15, -0.1) is 0 Å². The first kappa shape index (κ1) is 44.1. The second-order valence-corrected chi connectivity index (χ2v) is 19.6. The van der Waals surface area contributed by atoms with E-state index in [2.05, 4.69) is 58.0 Å². The fourth-order valence-corrected chi connectivity index (χ4v) is 9.95. The van der Waals surface area contributed by atoms with Gasteiger partial charge in [-0.05, 0) is 104 Å². The first-order valence-corrected chi connectivity index (χ1v) is 23.1. The van der Waals surface area contributed by atoms with Gasteiger partial charge >= 0.3 is 0 Å². The van der Waals surface area contributed by atoms with Crippen molar-refractivity contribution in [3.05, 3.63) is 117 Å². The van der Waals surface area contributed by atoms with Crippen LogP contribution in [0.3, 0.4) is 0 Å². The van der Waals surface area contributed by atoms with Crippen LogP contribution in [-0.2, 0) is 14.8 Å². The number of amides is 1. The minimum atomic E-state index is -4.82. The molecule has 1 atom stereocenters. The number of carbonyl (C=O) groups excluding carboxylic acids is 1. The number of rotatable bonds is 13. The number of nitrogens with one attached hydrogen (secondary N) is 3. The SMILES string of the molecule is C[C@@H]1CN(c2ccc(C(=O)NS(=O)(=O)c3cc(F)c(NCC4CCOCC4)c([N+](=O)[O-])c3)c(Oc3cnc4[nH]ccc4c3)c2)CCN1CC1=C(c2ccc(Cl)cc2)CCC(C)(C)C1. The third-order valence-electron chi connectivity index (χ3n) is 12.4. The molecule has 17 heteroatoms. The number of anilines is 2. The fraction of sp³-hybridized carbons (Fsp3) is 0.391. The van der Waals surface area contributed by atoms with Gasteiger partial charge in [0.05, 0.1) is 21.6 Å². The number of fused-ring (bicyclic) bond motifs is 1. The zero-order chi connectivity index (χ0) is 44.5. The molecule has 8 rings (SSSR count). The number of allylic oxidation sites excluding steroid dienone is 1. The summed E-state index contributed by atoms with van der Waals surface area (Å²) in [7, 11) is -4.82. The van der Waals surface area contributed by atoms with E-state index in [-0.39, 0.29) is 35.2 Å². The van der Waals surface area contributed by atoms with Gasteiger partial charge in [0.1, 0.15) is 22.8 Å². The molecule has 3 aliphatic rings. The van der Waals surface area contributed by atoms with Crippen LogP contribution in [0.1, 0.15) is 68.8 Å². The van der Waals surface area contributed by atoms with E-state index in [1.807, 2.05) is 22.9 Å². The number of carbonyl (C=O) groups is 1. The molecular weight excluding hydrogens is 849 g/mol. The molecule has 0 unspecified atom stereocenters. The van der Waals surface area contributed by atoms with Crippen LogP contribution >= 0.6 is 11.6 Å². The summed E-state index contributed by atoms with van der Waals surface area (Å²) in [5, 5.41) is 16.3. The predicted octanol–water partition coefficient (Wildman–Crippen LogP) is 9.19. The van der Waals surface area contributed by atoms with Crippen molar-refractivity contribution in [3.63, 3.8) is 0 Å². The zero-order valence-electron chi connectivity index (χ0n) is 35.5. The highest BCUT2D eigenvalue weighted by molar-refractivity contribution is 7.90. The summed E-state index contributed by atoms with van der Waals surface area (Å²) in [6.07, 6.45) is 7.75. The van der Waals surface area contributed by atoms with Gasteiger partial charge in [0.25, 0.3) is 21.6 Å². The lowest BCUT2D eigenvalue weighted by Gasteiger charge is -2.43. The molecule has 0 radical (unpaired) electrons. The molecule has 2 aliphatic heterocycles. The molecule has 0 saturated carbocycles. The lowest BCUT2D eigenvalue weighted by Crippen LogP contribution is -2.52. The molecule has 2 aromatic heterocycles. The summed E-state index contributed by atoms with van der Waals surface area (Å²) in [6.45, 7) is 11.1. The molecule has 2 fully saturated rings. The number of hydrogen-bond donors (Lipinski definition) is 3. The standard InChI is InChI=1S/C46H51ClFN7O7S/c1-29-27-54(17-16-53(29)28-33-24-46(2,3)14-10-38(33)31-4-6-34(47)7-5-31)35-8-9-39(42(21-35)62-36-20-32-11-15-49-44(32)51-26-36)45(56)52-63(59,60)37-22-40(48)43(41(23-37)55(57)58)50-25-30-12-18-61-19-13-30/h4-9,11,15,20-23,26,29-30,50H,10,12-14,16-19,24-25,27-28H2,1-3H3,(H,49,51)(H,52,56)/t29-/m1/s1. The van der Waals surface area contributed by atoms with E-state index < -0.39 is 42.9 Å². The Kier molecular flexibility index (Phi) is 12.8. The molecule has 14 nitrogen and oxygen atoms in total. The fourth-order valence-electron chi connectivity index (χ4n) is 8.83. The number of piperazine rings is 1. The number of halogens is 2. The Balaban J connectivity index is 1.03. The largest absolute Gasteiger partial charge is 0.455 e. The van der Waals surface area contributed by atoms with Crippen LogP contribution < -0.4 is 19.7 Å². The van der Waals surface area contributed by atoms with E-state index in [0.717, 1.165) is 49.5 Å². The lowest BCUT2D eigenvalue weighted by atomic mass is 9.72. The summed E-state index contributed by atoms with van der Waals surface area (Å²) in [5.41, 5.74) is 4.31. The summed E-state index contributed by atoms with van der Waals surface area (Å²) in [6, 6.07) is 18.2. The minimum absolute atomic E-state index is 0.0546. The van der Waals surface area contributed by atoms with Crippen molar-refractivity contribution in [1.82, 2.24) is 19.6 Å². The highest BCUT2D eigenvalue weighted by Gasteiger charge is 2.33. The smallest absolute Gasteiger partial charge is 0.296 e. The van der Waals surface area contributed by atoms with Crippen LogP contribution in [0, 0.1) is 27.3 Å². The maximum absolute atomic E-state index is 15.5. The maximum Gasteiger partial charge on any atom is 0.296 e. The number of benzene rings is 3. The Hall–Kier alpha value is -5.55. The number of H-pyrrole nitrogens is 1. The Morgan fingerprint density at radius 1 is 1.10 bits per heavy atom. The number of ether oxygens (including phenoxy) is 2. The zero-order valence-corrected chi connectivity index (χ0v) is 37.0. The number of nitrogens with zero attached hydrogens (tertiary/aromatic N) is 4. The van der Waals surface area contributed by atoms with Crippen LogP contribution in [0.25, 0.3) is 16.6 Å². The van der Waals surface area contributed by atoms with Gasteiger partial charge in [0, 0.05) is 86.4 Å². The summed E-state index contributed by atoms with van der Waals surface area (Å²) >= 11 is 6.24. The third-order valence-corrected chi connectivity index (χ3v) is 13.9. The number of nitro benzene ring substituents is 1. The van der Waals surface area contributed by atoms with Crippen LogP contribution in [0.4, 0.5) is 21.5 Å². The molecule has 3 aromatic carbocycles. The van der Waals surface area contributed by atoms with Crippen LogP contribution in [-0.4, -0.2) is 86.1 Å². The molecule has 63 heavy (non-hydrogen) atoms. The van der Waals surface area contributed by atoms with E-state index in [1.54, 1.807) is 24.4 Å². The quantitative estimate of drug-likeness (QED) is 0.0760.